The first-order valence-electron chi connectivity index (χ1n) is 7.77. The van der Waals surface area contributed by atoms with Gasteiger partial charge in [0.2, 0.25) is 0 Å². The van der Waals surface area contributed by atoms with Crippen LogP contribution < -0.4 is 0 Å². The molecule has 1 atom stereocenters. The van der Waals surface area contributed by atoms with Gasteiger partial charge >= 0.3 is 5.97 Å². The number of benzene rings is 2. The first kappa shape index (κ1) is 17.0. The molecule has 0 aliphatic rings. The quantitative estimate of drug-likeness (QED) is 0.644. The lowest BCUT2D eigenvalue weighted by molar-refractivity contribution is -0.145. The lowest BCUT2D eigenvalue weighted by Gasteiger charge is -2.14. The van der Waals surface area contributed by atoms with Gasteiger partial charge in [-0.25, -0.2) is 0 Å². The van der Waals surface area contributed by atoms with E-state index in [0.29, 0.717) is 6.61 Å². The van der Waals surface area contributed by atoms with Crippen molar-refractivity contribution >= 4 is 18.1 Å². The van der Waals surface area contributed by atoms with E-state index in [2.05, 4.69) is 0 Å². The summed E-state index contributed by atoms with van der Waals surface area (Å²) in [5, 5.41) is 10.4. The minimum Gasteiger partial charge on any atom is -0.466 e. The van der Waals surface area contributed by atoms with Gasteiger partial charge in [-0.05, 0) is 30.5 Å². The maximum absolute atomic E-state index is 11.6. The molecule has 2 rings (SSSR count). The van der Waals surface area contributed by atoms with Crippen molar-refractivity contribution in [2.24, 2.45) is 0 Å². The Morgan fingerprint density at radius 3 is 2.61 bits per heavy atom. The third kappa shape index (κ3) is 5.08. The Hall–Kier alpha value is -2.39. The third-order valence-corrected chi connectivity index (χ3v) is 3.52. The molecule has 0 saturated carbocycles. The number of aryl methyl sites for hydroxylation is 1. The number of ether oxygens (including phenoxy) is 1. The number of carbonyl (C=O) groups is 1. The van der Waals surface area contributed by atoms with Crippen molar-refractivity contribution in [2.75, 3.05) is 6.61 Å². The van der Waals surface area contributed by atoms with E-state index in [-0.39, 0.29) is 6.42 Å². The Labute approximate surface area is 137 Å². The van der Waals surface area contributed by atoms with Crippen LogP contribution in [0.5, 0.6) is 0 Å². The zero-order valence-electron chi connectivity index (χ0n) is 13.5. The Morgan fingerprint density at radius 2 is 1.91 bits per heavy atom. The molecular formula is C20H22O3. The van der Waals surface area contributed by atoms with Gasteiger partial charge in [0.25, 0.3) is 0 Å². The van der Waals surface area contributed by atoms with Crippen LogP contribution in [0.25, 0.3) is 12.2 Å². The Balaban J connectivity index is 2.23. The largest absolute Gasteiger partial charge is 0.466 e. The van der Waals surface area contributed by atoms with Crippen molar-refractivity contribution in [2.45, 2.75) is 26.4 Å². The second-order valence-corrected chi connectivity index (χ2v) is 5.40. The minimum atomic E-state index is -0.870. The van der Waals surface area contributed by atoms with Gasteiger partial charge in [-0.2, -0.15) is 0 Å². The summed E-state index contributed by atoms with van der Waals surface area (Å²) in [5.74, 6) is -0.390. The molecule has 120 valence electrons. The lowest BCUT2D eigenvalue weighted by Crippen LogP contribution is -2.11. The van der Waals surface area contributed by atoms with Crippen molar-refractivity contribution in [1.82, 2.24) is 0 Å². The third-order valence-electron chi connectivity index (χ3n) is 3.52. The molecule has 0 aliphatic heterocycles. The summed E-state index contributed by atoms with van der Waals surface area (Å²) in [5.41, 5.74) is 3.83. The zero-order valence-corrected chi connectivity index (χ0v) is 13.5. The standard InChI is InChI=1S/C20H22O3/c1-3-23-20(22)14-19(21)18-12-9-15(2)13-17(18)11-10-16-7-5-4-6-8-16/h4-13,19,21H,3,14H2,1-2H3/b11-10+/t19-/m0/s1. The zero-order chi connectivity index (χ0) is 16.7. The number of carbonyl (C=O) groups excluding carboxylic acids is 1. The number of aliphatic hydroxyl groups is 1. The first-order valence-corrected chi connectivity index (χ1v) is 7.77. The van der Waals surface area contributed by atoms with Gasteiger partial charge < -0.3 is 9.84 Å². The summed E-state index contributed by atoms with van der Waals surface area (Å²) in [6.07, 6.45) is 3.05. The molecule has 0 bridgehead atoms. The summed E-state index contributed by atoms with van der Waals surface area (Å²) >= 11 is 0. The minimum absolute atomic E-state index is 0.0386. The van der Waals surface area contributed by atoms with E-state index in [1.54, 1.807) is 6.92 Å². The average molecular weight is 310 g/mol. The summed E-state index contributed by atoms with van der Waals surface area (Å²) in [7, 11) is 0. The van der Waals surface area contributed by atoms with E-state index in [1.807, 2.05) is 67.6 Å². The highest BCUT2D eigenvalue weighted by Crippen LogP contribution is 2.24. The fourth-order valence-corrected chi connectivity index (χ4v) is 2.38. The summed E-state index contributed by atoms with van der Waals surface area (Å²) in [6.45, 7) is 4.08. The molecule has 0 spiro atoms. The number of esters is 1. The second-order valence-electron chi connectivity index (χ2n) is 5.40. The van der Waals surface area contributed by atoms with Crippen molar-refractivity contribution in [3.05, 3.63) is 70.8 Å². The van der Waals surface area contributed by atoms with Crippen LogP contribution in [0, 0.1) is 6.92 Å². The highest BCUT2D eigenvalue weighted by Gasteiger charge is 2.16. The molecule has 0 heterocycles. The number of aliphatic hydroxyl groups excluding tert-OH is 1. The van der Waals surface area contributed by atoms with Crippen molar-refractivity contribution in [1.29, 1.82) is 0 Å². The monoisotopic (exact) mass is 310 g/mol. The topological polar surface area (TPSA) is 46.5 Å². The molecule has 0 saturated heterocycles. The highest BCUT2D eigenvalue weighted by molar-refractivity contribution is 5.73. The summed E-state index contributed by atoms with van der Waals surface area (Å²) < 4.78 is 4.91. The van der Waals surface area contributed by atoms with E-state index in [0.717, 1.165) is 22.3 Å². The van der Waals surface area contributed by atoms with Crippen molar-refractivity contribution in [3.63, 3.8) is 0 Å². The molecule has 0 radical (unpaired) electrons. The van der Waals surface area contributed by atoms with Gasteiger partial charge in [-0.1, -0.05) is 66.2 Å². The maximum atomic E-state index is 11.6. The Bertz CT molecular complexity index is 675. The molecule has 0 aromatic heterocycles. The predicted molar refractivity (Wildman–Crippen MR) is 92.8 cm³/mol. The van der Waals surface area contributed by atoms with Crippen LogP contribution in [-0.2, 0) is 9.53 Å². The molecule has 3 heteroatoms. The molecule has 0 fully saturated rings. The molecule has 1 N–H and O–H groups in total. The number of rotatable bonds is 6. The van der Waals surface area contributed by atoms with Gasteiger partial charge in [0, 0.05) is 0 Å². The second kappa shape index (κ2) is 8.30. The van der Waals surface area contributed by atoms with Gasteiger partial charge in [0.15, 0.2) is 0 Å². The van der Waals surface area contributed by atoms with Gasteiger partial charge in [0.05, 0.1) is 19.1 Å². The molecule has 2 aromatic carbocycles. The van der Waals surface area contributed by atoms with Gasteiger partial charge in [-0.15, -0.1) is 0 Å². The molecule has 2 aromatic rings. The van der Waals surface area contributed by atoms with Crippen molar-refractivity contribution < 1.29 is 14.6 Å². The van der Waals surface area contributed by atoms with E-state index in [4.69, 9.17) is 4.74 Å². The SMILES string of the molecule is CCOC(=O)C[C@H](O)c1ccc(C)cc1/C=C/c1ccccc1. The van der Waals surface area contributed by atoms with Crippen LogP contribution >= 0.6 is 0 Å². The number of hydrogen-bond acceptors (Lipinski definition) is 3. The molecule has 3 nitrogen and oxygen atoms in total. The fraction of sp³-hybridized carbons (Fsp3) is 0.250. The van der Waals surface area contributed by atoms with Crippen molar-refractivity contribution in [3.8, 4) is 0 Å². The van der Waals surface area contributed by atoms with Crippen LogP contribution in [0.3, 0.4) is 0 Å². The van der Waals surface area contributed by atoms with Gasteiger partial charge in [-0.3, -0.25) is 4.79 Å². The van der Waals surface area contributed by atoms with Crippen LogP contribution in [0.4, 0.5) is 0 Å². The van der Waals surface area contributed by atoms with Crippen LogP contribution in [0.15, 0.2) is 48.5 Å². The average Bonchev–Trinajstić information content (AvgIpc) is 2.54. The maximum Gasteiger partial charge on any atom is 0.308 e. The van der Waals surface area contributed by atoms with E-state index in [1.165, 1.54) is 0 Å². The highest BCUT2D eigenvalue weighted by atomic mass is 16.5. The fourth-order valence-electron chi connectivity index (χ4n) is 2.38. The van der Waals surface area contributed by atoms with Crippen LogP contribution in [-0.4, -0.2) is 17.7 Å². The van der Waals surface area contributed by atoms with E-state index < -0.39 is 12.1 Å². The molecule has 23 heavy (non-hydrogen) atoms. The normalized spacial score (nSPS) is 12.3. The molecule has 0 amide bonds. The molecule has 0 aliphatic carbocycles. The molecule has 0 unspecified atom stereocenters. The van der Waals surface area contributed by atoms with Crippen LogP contribution in [0.2, 0.25) is 0 Å². The van der Waals surface area contributed by atoms with E-state index >= 15 is 0 Å². The lowest BCUT2D eigenvalue weighted by atomic mass is 9.97. The summed E-state index contributed by atoms with van der Waals surface area (Å²) in [6, 6.07) is 15.8. The Kier molecular flexibility index (Phi) is 6.12. The molecular weight excluding hydrogens is 288 g/mol. The summed E-state index contributed by atoms with van der Waals surface area (Å²) in [4.78, 5) is 11.6. The van der Waals surface area contributed by atoms with E-state index in [9.17, 15) is 9.90 Å². The van der Waals surface area contributed by atoms with Crippen LogP contribution in [0.1, 0.15) is 41.7 Å². The predicted octanol–water partition coefficient (Wildman–Crippen LogP) is 4.15. The first-order chi connectivity index (χ1) is 11.1. The smallest absolute Gasteiger partial charge is 0.308 e. The van der Waals surface area contributed by atoms with Gasteiger partial charge in [0.1, 0.15) is 0 Å². The number of hydrogen-bond donors (Lipinski definition) is 1. The Morgan fingerprint density at radius 1 is 1.17 bits per heavy atom.